The van der Waals surface area contributed by atoms with Crippen molar-refractivity contribution in [1.82, 2.24) is 0 Å². The van der Waals surface area contributed by atoms with Crippen LogP contribution in [0.4, 0.5) is 17.6 Å². The number of methoxy groups -OCH3 is 1. The number of rotatable bonds is 3. The van der Waals surface area contributed by atoms with Crippen LogP contribution in [0.25, 0.3) is 0 Å². The van der Waals surface area contributed by atoms with Gasteiger partial charge in [-0.1, -0.05) is 0 Å². The van der Waals surface area contributed by atoms with Crippen molar-refractivity contribution in [2.24, 2.45) is 0 Å². The van der Waals surface area contributed by atoms with E-state index in [-0.39, 0.29) is 26.2 Å². The molecule has 0 aromatic heterocycles. The molecule has 0 atom stereocenters. The van der Waals surface area contributed by atoms with E-state index < -0.39 is 47.6 Å². The summed E-state index contributed by atoms with van der Waals surface area (Å²) >= 11 is 0. The van der Waals surface area contributed by atoms with Gasteiger partial charge < -0.3 is 25.2 Å². The van der Waals surface area contributed by atoms with Gasteiger partial charge in [0.25, 0.3) is 0 Å². The molecule has 0 unspecified atom stereocenters. The molecule has 130 valence electrons. The Morgan fingerprint density at radius 2 is 1.00 bits per heavy atom. The minimum atomic E-state index is -1.59. The predicted octanol–water partition coefficient (Wildman–Crippen LogP) is 0.705. The molecule has 22 heavy (non-hydrogen) atoms. The van der Waals surface area contributed by atoms with E-state index in [0.29, 0.717) is 0 Å². The Labute approximate surface area is 145 Å². The van der Waals surface area contributed by atoms with E-state index >= 15 is 0 Å². The average Bonchev–Trinajstić information content (AvgIpc) is 2.56. The predicted molar refractivity (Wildman–Crippen MR) is 67.3 cm³/mol. The molecule has 0 bridgehead atoms. The number of aliphatic hydroxyl groups is 4. The first-order valence-electron chi connectivity index (χ1n) is 5.32. The molecule has 0 aliphatic carbocycles. The van der Waals surface area contributed by atoms with Gasteiger partial charge in [0.1, 0.15) is 0 Å². The van der Waals surface area contributed by atoms with Crippen molar-refractivity contribution in [2.75, 3.05) is 28.4 Å². The molecule has 4 N–H and O–H groups in total. The molecule has 0 fully saturated rings. The SMILES string of the molecule is CO.CO.CO.COCc1c(F)c(F)c(CO)c(F)c1F.[Zr]. The summed E-state index contributed by atoms with van der Waals surface area (Å²) in [7, 11) is 4.13. The van der Waals surface area contributed by atoms with Crippen LogP contribution < -0.4 is 0 Å². The van der Waals surface area contributed by atoms with Crippen LogP contribution in [0.5, 0.6) is 0 Å². The molecule has 1 aromatic rings. The van der Waals surface area contributed by atoms with Crippen molar-refractivity contribution in [1.29, 1.82) is 0 Å². The molecular formula is C12H20F4O5Zr. The van der Waals surface area contributed by atoms with Gasteiger partial charge in [-0.25, -0.2) is 17.6 Å². The maximum atomic E-state index is 13.1. The molecule has 0 aliphatic rings. The molecule has 5 nitrogen and oxygen atoms in total. The van der Waals surface area contributed by atoms with Crippen LogP contribution in [-0.2, 0) is 44.2 Å². The van der Waals surface area contributed by atoms with Crippen molar-refractivity contribution in [3.8, 4) is 0 Å². The number of halogens is 4. The molecule has 0 aliphatic heterocycles. The Kier molecular flexibility index (Phi) is 25.1. The molecule has 0 amide bonds. The summed E-state index contributed by atoms with van der Waals surface area (Å²) in [5.41, 5.74) is -1.85. The molecule has 1 aromatic carbocycles. The Bertz CT molecular complexity index is 365. The summed E-state index contributed by atoms with van der Waals surface area (Å²) < 4.78 is 56.7. The Balaban J connectivity index is -0.000000206. The summed E-state index contributed by atoms with van der Waals surface area (Å²) in [5, 5.41) is 29.5. The number of aliphatic hydroxyl groups excluding tert-OH is 4. The molecule has 0 saturated heterocycles. The number of hydrogen-bond donors (Lipinski definition) is 4. The Morgan fingerprint density at radius 1 is 0.727 bits per heavy atom. The maximum Gasteiger partial charge on any atom is 0.167 e. The van der Waals surface area contributed by atoms with Crippen LogP contribution in [0.3, 0.4) is 0 Å². The third-order valence-corrected chi connectivity index (χ3v) is 1.89. The second-order valence-corrected chi connectivity index (χ2v) is 2.80. The largest absolute Gasteiger partial charge is 0.400 e. The second kappa shape index (κ2) is 18.7. The number of benzene rings is 1. The Morgan fingerprint density at radius 3 is 1.23 bits per heavy atom. The van der Waals surface area contributed by atoms with Crippen LogP contribution in [0.2, 0.25) is 0 Å². The van der Waals surface area contributed by atoms with Gasteiger partial charge in [0.15, 0.2) is 23.3 Å². The van der Waals surface area contributed by atoms with Crippen LogP contribution in [-0.4, -0.2) is 48.9 Å². The van der Waals surface area contributed by atoms with Crippen LogP contribution in [0, 0.1) is 23.3 Å². The number of ether oxygens (including phenoxy) is 1. The average molecular weight is 412 g/mol. The fourth-order valence-corrected chi connectivity index (χ4v) is 1.13. The first-order chi connectivity index (χ1) is 10.0. The summed E-state index contributed by atoms with van der Waals surface area (Å²) in [4.78, 5) is 0. The summed E-state index contributed by atoms with van der Waals surface area (Å²) in [6.07, 6.45) is 0. The fraction of sp³-hybridized carbons (Fsp3) is 0.500. The van der Waals surface area contributed by atoms with Crippen LogP contribution in [0.15, 0.2) is 0 Å². The zero-order chi connectivity index (χ0) is 17.6. The molecule has 0 saturated carbocycles. The van der Waals surface area contributed by atoms with E-state index in [1.165, 1.54) is 0 Å². The van der Waals surface area contributed by atoms with Crippen molar-refractivity contribution >= 4 is 0 Å². The first kappa shape index (κ1) is 29.6. The van der Waals surface area contributed by atoms with Crippen molar-refractivity contribution in [2.45, 2.75) is 13.2 Å². The summed E-state index contributed by atoms with van der Waals surface area (Å²) in [6, 6.07) is 0. The Hall–Kier alpha value is -0.377. The smallest absolute Gasteiger partial charge is 0.167 e. The standard InChI is InChI=1S/C9H8F4O2.3CH4O.Zr/c1-15-3-5-8(12)6(10)4(2-14)7(11)9(5)13;3*1-2;/h14H,2-3H2,1H3;3*2H,1H3;. The molecule has 0 heterocycles. The van der Waals surface area contributed by atoms with E-state index in [2.05, 4.69) is 4.74 Å². The van der Waals surface area contributed by atoms with Crippen molar-refractivity contribution in [3.63, 3.8) is 0 Å². The van der Waals surface area contributed by atoms with Gasteiger partial charge >= 0.3 is 0 Å². The minimum Gasteiger partial charge on any atom is -0.400 e. The topological polar surface area (TPSA) is 90.2 Å². The summed E-state index contributed by atoms with van der Waals surface area (Å²) in [6.45, 7) is -1.70. The zero-order valence-electron chi connectivity index (χ0n) is 12.6. The third-order valence-electron chi connectivity index (χ3n) is 1.89. The first-order valence-corrected chi connectivity index (χ1v) is 5.32. The van der Waals surface area contributed by atoms with E-state index in [1.807, 2.05) is 0 Å². The molecule has 0 spiro atoms. The van der Waals surface area contributed by atoms with Crippen LogP contribution in [0.1, 0.15) is 11.1 Å². The van der Waals surface area contributed by atoms with Crippen LogP contribution >= 0.6 is 0 Å². The van der Waals surface area contributed by atoms with E-state index in [1.54, 1.807) is 0 Å². The van der Waals surface area contributed by atoms with Gasteiger partial charge in [-0.3, -0.25) is 0 Å². The zero-order valence-corrected chi connectivity index (χ0v) is 15.1. The molecule has 10 heteroatoms. The van der Waals surface area contributed by atoms with Gasteiger partial charge in [0, 0.05) is 54.6 Å². The summed E-state index contributed by atoms with van der Waals surface area (Å²) in [5.74, 6) is -6.27. The van der Waals surface area contributed by atoms with E-state index in [4.69, 9.17) is 20.4 Å². The quantitative estimate of drug-likeness (QED) is 0.434. The molecule has 1 rings (SSSR count). The van der Waals surface area contributed by atoms with Gasteiger partial charge in [0.05, 0.1) is 24.3 Å². The third kappa shape index (κ3) is 8.31. The monoisotopic (exact) mass is 410 g/mol. The fourth-order valence-electron chi connectivity index (χ4n) is 1.13. The van der Waals surface area contributed by atoms with Gasteiger partial charge in [0.2, 0.25) is 0 Å². The minimum absolute atomic E-state index is 0. The molecule has 0 radical (unpaired) electrons. The van der Waals surface area contributed by atoms with Gasteiger partial charge in [-0.2, -0.15) is 0 Å². The van der Waals surface area contributed by atoms with Crippen molar-refractivity contribution in [3.05, 3.63) is 34.4 Å². The molecular weight excluding hydrogens is 391 g/mol. The van der Waals surface area contributed by atoms with Gasteiger partial charge in [-0.15, -0.1) is 0 Å². The van der Waals surface area contributed by atoms with E-state index in [0.717, 1.165) is 28.4 Å². The van der Waals surface area contributed by atoms with E-state index in [9.17, 15) is 17.6 Å². The second-order valence-electron chi connectivity index (χ2n) is 2.80. The van der Waals surface area contributed by atoms with Crippen molar-refractivity contribution < 1.29 is 68.9 Å². The normalized spacial score (nSPS) is 8.18. The number of hydrogen-bond acceptors (Lipinski definition) is 5. The van der Waals surface area contributed by atoms with Gasteiger partial charge in [-0.05, 0) is 0 Å². The maximum absolute atomic E-state index is 13.1.